The number of nitrogens with one attached hydrogen (secondary N) is 1. The van der Waals surface area contributed by atoms with Gasteiger partial charge in [-0.3, -0.25) is 0 Å². The monoisotopic (exact) mass is 292 g/mol. The van der Waals surface area contributed by atoms with Crippen LogP contribution in [0.2, 0.25) is 0 Å². The fourth-order valence-electron chi connectivity index (χ4n) is 1.01. The van der Waals surface area contributed by atoms with Crippen LogP contribution in [0.15, 0.2) is 27.6 Å². The van der Waals surface area contributed by atoms with Crippen molar-refractivity contribution in [1.82, 2.24) is 5.32 Å². The van der Waals surface area contributed by atoms with E-state index in [2.05, 4.69) is 35.9 Å². The molecule has 1 N–H and O–H groups in total. The molecule has 0 aromatic carbocycles. The summed E-state index contributed by atoms with van der Waals surface area (Å²) in [5.41, 5.74) is 2.18. The van der Waals surface area contributed by atoms with E-state index in [9.17, 15) is 0 Å². The summed E-state index contributed by atoms with van der Waals surface area (Å²) >= 11 is 1.99. The summed E-state index contributed by atoms with van der Waals surface area (Å²) in [7, 11) is 1.89. The van der Waals surface area contributed by atoms with Crippen LogP contribution >= 0.6 is 22.9 Å². The van der Waals surface area contributed by atoms with Gasteiger partial charge in [0.2, 0.25) is 0 Å². The number of hydrogen-bond donors (Lipinski definition) is 1. The largest absolute Gasteiger partial charge is 0.394 e. The van der Waals surface area contributed by atoms with Crippen molar-refractivity contribution in [2.45, 2.75) is 20.8 Å². The van der Waals surface area contributed by atoms with E-state index in [4.69, 9.17) is 0 Å². The van der Waals surface area contributed by atoms with E-state index in [1.54, 1.807) is 6.08 Å². The van der Waals surface area contributed by atoms with Gasteiger partial charge in [0.05, 0.1) is 28.6 Å². The van der Waals surface area contributed by atoms with E-state index in [0.29, 0.717) is 0 Å². The Labute approximate surface area is 94.7 Å². The lowest BCUT2D eigenvalue weighted by Gasteiger charge is -2.22. The molecule has 0 aliphatic rings. The number of nitrogens with zero attached hydrogens (tertiary/aromatic N) is 1. The summed E-state index contributed by atoms with van der Waals surface area (Å²) in [4.78, 5) is 0. The summed E-state index contributed by atoms with van der Waals surface area (Å²) < 4.78 is 4.15. The highest BCUT2D eigenvalue weighted by atomic mass is 127. The summed E-state index contributed by atoms with van der Waals surface area (Å²) in [6.07, 6.45) is 3.75. The molecule has 0 aliphatic heterocycles. The molecular formula is C10H17IN2. The number of allylic oxidation sites excluding steroid dienone is 2. The van der Waals surface area contributed by atoms with Gasteiger partial charge in [-0.05, 0) is 17.1 Å². The maximum atomic E-state index is 4.15. The highest BCUT2D eigenvalue weighted by molar-refractivity contribution is 14.1. The molecule has 0 fully saturated rings. The summed E-state index contributed by atoms with van der Waals surface area (Å²) in [5.74, 6) is 0. The van der Waals surface area contributed by atoms with Crippen LogP contribution in [0.5, 0.6) is 0 Å². The zero-order valence-electron chi connectivity index (χ0n) is 8.69. The van der Waals surface area contributed by atoms with Gasteiger partial charge in [-0.2, -0.15) is 0 Å². The van der Waals surface area contributed by atoms with Crippen molar-refractivity contribution in [3.8, 4) is 0 Å². The molecule has 0 saturated carbocycles. The summed E-state index contributed by atoms with van der Waals surface area (Å²) in [5, 5.41) is 3.03. The van der Waals surface area contributed by atoms with E-state index in [1.807, 2.05) is 36.1 Å². The van der Waals surface area contributed by atoms with E-state index in [-0.39, 0.29) is 5.41 Å². The molecule has 0 aromatic rings. The van der Waals surface area contributed by atoms with Gasteiger partial charge >= 0.3 is 0 Å². The van der Waals surface area contributed by atoms with Crippen LogP contribution in [0.4, 0.5) is 0 Å². The fourth-order valence-corrected chi connectivity index (χ4v) is 1.47. The van der Waals surface area contributed by atoms with Crippen LogP contribution in [-0.2, 0) is 0 Å². The second kappa shape index (κ2) is 5.42. The first kappa shape index (κ1) is 12.7. The third-order valence-electron chi connectivity index (χ3n) is 1.66. The smallest absolute Gasteiger partial charge is 0.0838 e. The SMILES string of the molecule is C=CC(=N/I)/C(=C\NC)C(C)(C)C. The molecular weight excluding hydrogens is 275 g/mol. The highest BCUT2D eigenvalue weighted by Gasteiger charge is 2.19. The molecule has 3 heteroatoms. The molecule has 0 saturated heterocycles. The van der Waals surface area contributed by atoms with E-state index < -0.39 is 0 Å². The first-order valence-corrected chi connectivity index (χ1v) is 5.13. The molecule has 0 atom stereocenters. The predicted octanol–water partition coefficient (Wildman–Crippen LogP) is 3.11. The Morgan fingerprint density at radius 1 is 1.46 bits per heavy atom. The number of hydrogen-bond acceptors (Lipinski definition) is 2. The van der Waals surface area contributed by atoms with Crippen LogP contribution in [0, 0.1) is 5.41 Å². The molecule has 0 unspecified atom stereocenters. The molecule has 0 bridgehead atoms. The minimum absolute atomic E-state index is 0.0845. The van der Waals surface area contributed by atoms with Gasteiger partial charge in [-0.1, -0.05) is 27.4 Å². The fraction of sp³-hybridized carbons (Fsp3) is 0.500. The van der Waals surface area contributed by atoms with Gasteiger partial charge < -0.3 is 5.32 Å². The zero-order valence-corrected chi connectivity index (χ0v) is 10.8. The van der Waals surface area contributed by atoms with Crippen molar-refractivity contribution < 1.29 is 0 Å². The molecule has 0 radical (unpaired) electrons. The van der Waals surface area contributed by atoms with Crippen molar-refractivity contribution in [1.29, 1.82) is 0 Å². The molecule has 0 amide bonds. The zero-order chi connectivity index (χ0) is 10.5. The summed E-state index contributed by atoms with van der Waals surface area (Å²) in [6.45, 7) is 10.2. The quantitative estimate of drug-likeness (QED) is 0.627. The third-order valence-corrected chi connectivity index (χ3v) is 2.18. The van der Waals surface area contributed by atoms with Crippen LogP contribution in [-0.4, -0.2) is 12.8 Å². The molecule has 74 valence electrons. The Balaban J connectivity index is 5.05. The van der Waals surface area contributed by atoms with Crippen molar-refractivity contribution in [2.75, 3.05) is 7.05 Å². The van der Waals surface area contributed by atoms with Gasteiger partial charge in [0.1, 0.15) is 0 Å². The van der Waals surface area contributed by atoms with Crippen molar-refractivity contribution >= 4 is 28.6 Å². The topological polar surface area (TPSA) is 24.4 Å². The van der Waals surface area contributed by atoms with Crippen LogP contribution < -0.4 is 5.32 Å². The Morgan fingerprint density at radius 3 is 2.23 bits per heavy atom. The molecule has 0 spiro atoms. The summed E-state index contributed by atoms with van der Waals surface area (Å²) in [6, 6.07) is 0. The minimum Gasteiger partial charge on any atom is -0.394 e. The first-order chi connectivity index (χ1) is 5.97. The normalized spacial score (nSPS) is 14.2. The Hall–Kier alpha value is -0.320. The van der Waals surface area contributed by atoms with Crippen molar-refractivity contribution in [3.63, 3.8) is 0 Å². The molecule has 0 heterocycles. The lowest BCUT2D eigenvalue weighted by Crippen LogP contribution is -2.18. The molecule has 0 rings (SSSR count). The maximum absolute atomic E-state index is 4.15. The van der Waals surface area contributed by atoms with Gasteiger partial charge in [0.15, 0.2) is 0 Å². The third kappa shape index (κ3) is 3.93. The van der Waals surface area contributed by atoms with Gasteiger partial charge in [0, 0.05) is 13.2 Å². The van der Waals surface area contributed by atoms with Crippen LogP contribution in [0.3, 0.4) is 0 Å². The predicted molar refractivity (Wildman–Crippen MR) is 68.2 cm³/mol. The molecule has 0 aliphatic carbocycles. The van der Waals surface area contributed by atoms with Gasteiger partial charge in [-0.25, -0.2) is 3.21 Å². The Kier molecular flexibility index (Phi) is 5.29. The van der Waals surface area contributed by atoms with E-state index in [0.717, 1.165) is 5.71 Å². The van der Waals surface area contributed by atoms with E-state index >= 15 is 0 Å². The van der Waals surface area contributed by atoms with Crippen molar-refractivity contribution in [2.24, 2.45) is 8.62 Å². The highest BCUT2D eigenvalue weighted by Crippen LogP contribution is 2.26. The lowest BCUT2D eigenvalue weighted by atomic mass is 9.84. The standard InChI is InChI=1S/C10H17IN2/c1-6-9(13-11)8(7-12-5)10(2,3)4/h6-7,12H,1H2,2-5H3/b8-7+,13-9-. The minimum atomic E-state index is 0.0845. The Morgan fingerprint density at radius 2 is 2.00 bits per heavy atom. The van der Waals surface area contributed by atoms with Crippen molar-refractivity contribution in [3.05, 3.63) is 24.4 Å². The number of rotatable bonds is 3. The van der Waals surface area contributed by atoms with E-state index in [1.165, 1.54) is 5.57 Å². The molecule has 0 aromatic heterocycles. The molecule has 13 heavy (non-hydrogen) atoms. The average molecular weight is 292 g/mol. The second-order valence-electron chi connectivity index (χ2n) is 3.77. The second-order valence-corrected chi connectivity index (χ2v) is 4.25. The Bertz CT molecular complexity index is 234. The van der Waals surface area contributed by atoms with Crippen LogP contribution in [0.25, 0.3) is 0 Å². The molecule has 2 nitrogen and oxygen atoms in total. The number of halogens is 1. The average Bonchev–Trinajstić information content (AvgIpc) is 2.03. The lowest BCUT2D eigenvalue weighted by molar-refractivity contribution is 0.522. The maximum Gasteiger partial charge on any atom is 0.0838 e. The van der Waals surface area contributed by atoms with Gasteiger partial charge in [-0.15, -0.1) is 0 Å². The van der Waals surface area contributed by atoms with Gasteiger partial charge in [0.25, 0.3) is 0 Å². The first-order valence-electron chi connectivity index (χ1n) is 4.17. The van der Waals surface area contributed by atoms with Crippen LogP contribution in [0.1, 0.15) is 20.8 Å².